The third-order valence-electron chi connectivity index (χ3n) is 6.32. The number of carbonyl (C=O) groups is 6. The summed E-state index contributed by atoms with van der Waals surface area (Å²) >= 11 is 0. The highest BCUT2D eigenvalue weighted by Crippen LogP contribution is 2.11. The lowest BCUT2D eigenvalue weighted by atomic mass is 9.99. The molecule has 0 unspecified atom stereocenters. The predicted molar refractivity (Wildman–Crippen MR) is 166 cm³/mol. The van der Waals surface area contributed by atoms with Crippen LogP contribution in [0.4, 0.5) is 9.59 Å². The van der Waals surface area contributed by atoms with E-state index < -0.39 is 72.1 Å². The molecule has 0 fully saturated rings. The minimum atomic E-state index is -1.23. The van der Waals surface area contributed by atoms with Gasteiger partial charge in [-0.05, 0) is 57.4 Å². The zero-order chi connectivity index (χ0) is 34.2. The number of carbonyl (C=O) groups excluding carboxylic acids is 5. The summed E-state index contributed by atoms with van der Waals surface area (Å²) in [4.78, 5) is 74.6. The number of carboxylic acids is 1. The maximum atomic E-state index is 13.4. The molecule has 252 valence electrons. The molecule has 0 radical (unpaired) electrons. The van der Waals surface area contributed by atoms with Gasteiger partial charge in [-0.1, -0.05) is 58.0 Å². The Morgan fingerprint density at radius 2 is 1.33 bits per heavy atom. The number of carboxylic acid groups (broad SMARTS) is 1. The number of hydrogen-bond acceptors (Lipinski definition) is 8. The summed E-state index contributed by atoms with van der Waals surface area (Å²) in [6.07, 6.45) is -0.335. The number of hydrogen-bond donors (Lipinski definition) is 6. The van der Waals surface area contributed by atoms with E-state index in [1.807, 2.05) is 30.3 Å². The van der Waals surface area contributed by atoms with Gasteiger partial charge >= 0.3 is 18.2 Å². The zero-order valence-corrected chi connectivity index (χ0v) is 27.2. The van der Waals surface area contributed by atoms with Crippen LogP contribution >= 0.6 is 0 Å². The Kier molecular flexibility index (Phi) is 16.4. The summed E-state index contributed by atoms with van der Waals surface area (Å²) in [6.45, 7) is 11.6. The monoisotopic (exact) mass is 635 g/mol. The Morgan fingerprint density at radius 1 is 0.756 bits per heavy atom. The minimum absolute atomic E-state index is 0.129. The molecule has 0 aromatic heterocycles. The number of rotatable bonds is 17. The molecule has 0 bridgehead atoms. The number of aliphatic carboxylic acids is 1. The molecule has 1 rings (SSSR count). The second-order valence-corrected chi connectivity index (χ2v) is 12.3. The Morgan fingerprint density at radius 3 is 1.89 bits per heavy atom. The first-order valence-corrected chi connectivity index (χ1v) is 15.0. The fourth-order valence-corrected chi connectivity index (χ4v) is 4.00. The average molecular weight is 636 g/mol. The third-order valence-corrected chi connectivity index (χ3v) is 6.32. The second-order valence-electron chi connectivity index (χ2n) is 12.3. The summed E-state index contributed by atoms with van der Waals surface area (Å²) in [5, 5.41) is 21.6. The topological polar surface area (TPSA) is 201 Å². The highest BCUT2D eigenvalue weighted by Gasteiger charge is 2.33. The second kappa shape index (κ2) is 19.1. The van der Waals surface area contributed by atoms with E-state index >= 15 is 0 Å². The summed E-state index contributed by atoms with van der Waals surface area (Å²) in [5.74, 6) is -3.96. The standard InChI is InChI=1S/C31H49N5O9/c1-19(2)24(27(40)33-17-23(37)38)36-28(41)25(20(3)4)35-26(39)22(34-30(43)45-31(5,6)7)15-11-12-16-32-29(42)44-18-21-13-9-8-10-14-21/h8-10,13-14,19-20,22,24-25H,11-12,15-18H2,1-7H3,(H,32,42)(H,33,40)(H,34,43)(H,35,39)(H,36,41)(H,37,38)/t22-,24+,25-/m0/s1. The number of nitrogens with one attached hydrogen (secondary N) is 5. The molecule has 0 aliphatic carbocycles. The molecule has 0 heterocycles. The molecule has 0 spiro atoms. The van der Waals surface area contributed by atoms with Crippen molar-refractivity contribution in [3.8, 4) is 0 Å². The van der Waals surface area contributed by atoms with Gasteiger partial charge < -0.3 is 41.2 Å². The number of ether oxygens (including phenoxy) is 2. The predicted octanol–water partition coefficient (Wildman–Crippen LogP) is 2.46. The fraction of sp³-hybridized carbons (Fsp3) is 0.613. The molecule has 3 atom stereocenters. The number of amides is 5. The van der Waals surface area contributed by atoms with Gasteiger partial charge in [0.1, 0.15) is 36.9 Å². The van der Waals surface area contributed by atoms with Crippen molar-refractivity contribution in [3.63, 3.8) is 0 Å². The molecule has 45 heavy (non-hydrogen) atoms. The molecule has 14 heteroatoms. The van der Waals surface area contributed by atoms with Crippen molar-refractivity contribution in [1.82, 2.24) is 26.6 Å². The molecule has 0 aliphatic rings. The third kappa shape index (κ3) is 16.3. The highest BCUT2D eigenvalue weighted by atomic mass is 16.6. The molecule has 6 N–H and O–H groups in total. The molecule has 14 nitrogen and oxygen atoms in total. The molecular weight excluding hydrogens is 586 g/mol. The van der Waals surface area contributed by atoms with E-state index in [4.69, 9.17) is 14.6 Å². The number of alkyl carbamates (subject to hydrolysis) is 2. The largest absolute Gasteiger partial charge is 0.480 e. The lowest BCUT2D eigenvalue weighted by Gasteiger charge is -2.29. The maximum absolute atomic E-state index is 13.4. The Hall–Kier alpha value is -4.36. The van der Waals surface area contributed by atoms with Crippen LogP contribution in [0.2, 0.25) is 0 Å². The van der Waals surface area contributed by atoms with E-state index in [-0.39, 0.29) is 25.5 Å². The lowest BCUT2D eigenvalue weighted by Crippen LogP contribution is -2.59. The van der Waals surface area contributed by atoms with Crippen molar-refractivity contribution < 1.29 is 43.3 Å². The highest BCUT2D eigenvalue weighted by molar-refractivity contribution is 5.94. The molecular formula is C31H49N5O9. The summed E-state index contributed by atoms with van der Waals surface area (Å²) in [5.41, 5.74) is 0.0343. The van der Waals surface area contributed by atoms with Gasteiger partial charge in [0.05, 0.1) is 0 Å². The van der Waals surface area contributed by atoms with Crippen molar-refractivity contribution in [2.75, 3.05) is 13.1 Å². The minimum Gasteiger partial charge on any atom is -0.480 e. The molecule has 1 aromatic rings. The van der Waals surface area contributed by atoms with Crippen LogP contribution in [0.1, 0.15) is 73.3 Å². The maximum Gasteiger partial charge on any atom is 0.408 e. The van der Waals surface area contributed by atoms with Crippen LogP contribution in [-0.2, 0) is 35.3 Å². The first-order chi connectivity index (χ1) is 21.0. The SMILES string of the molecule is CC(C)[C@H](NC(=O)[C@H](CCCCNC(=O)OCc1ccccc1)NC(=O)OC(C)(C)C)C(=O)N[C@@H](C(=O)NCC(=O)O)C(C)C. The lowest BCUT2D eigenvalue weighted by molar-refractivity contribution is -0.139. The molecule has 0 saturated heterocycles. The molecule has 0 saturated carbocycles. The molecule has 0 aliphatic heterocycles. The van der Waals surface area contributed by atoms with E-state index in [0.29, 0.717) is 12.8 Å². The van der Waals surface area contributed by atoms with Gasteiger partial charge in [-0.25, -0.2) is 9.59 Å². The number of unbranched alkanes of at least 4 members (excludes halogenated alkanes) is 1. The van der Waals surface area contributed by atoms with E-state index in [2.05, 4.69) is 26.6 Å². The normalized spacial score (nSPS) is 13.2. The van der Waals surface area contributed by atoms with Crippen LogP contribution in [-0.4, -0.2) is 77.8 Å². The van der Waals surface area contributed by atoms with Crippen LogP contribution < -0.4 is 26.6 Å². The summed E-state index contributed by atoms with van der Waals surface area (Å²) < 4.78 is 10.5. The smallest absolute Gasteiger partial charge is 0.408 e. The van der Waals surface area contributed by atoms with Crippen LogP contribution in [0.15, 0.2) is 30.3 Å². The van der Waals surface area contributed by atoms with Gasteiger partial charge in [-0.3, -0.25) is 19.2 Å². The fourth-order valence-electron chi connectivity index (χ4n) is 4.00. The first-order valence-electron chi connectivity index (χ1n) is 15.0. The number of benzene rings is 1. The van der Waals surface area contributed by atoms with Crippen molar-refractivity contribution in [2.24, 2.45) is 11.8 Å². The Bertz CT molecular complexity index is 1140. The van der Waals surface area contributed by atoms with E-state index in [0.717, 1.165) is 5.56 Å². The quantitative estimate of drug-likeness (QED) is 0.139. The summed E-state index contributed by atoms with van der Waals surface area (Å²) in [6, 6.07) is 6.04. The van der Waals surface area contributed by atoms with E-state index in [1.165, 1.54) is 0 Å². The van der Waals surface area contributed by atoms with Gasteiger partial charge in [-0.15, -0.1) is 0 Å². The van der Waals surface area contributed by atoms with Gasteiger partial charge in [0.2, 0.25) is 17.7 Å². The van der Waals surface area contributed by atoms with Crippen LogP contribution in [0.5, 0.6) is 0 Å². The van der Waals surface area contributed by atoms with Crippen molar-refractivity contribution >= 4 is 35.9 Å². The van der Waals surface area contributed by atoms with Crippen molar-refractivity contribution in [2.45, 2.75) is 98.1 Å². The molecule has 5 amide bonds. The zero-order valence-electron chi connectivity index (χ0n) is 27.2. The van der Waals surface area contributed by atoms with Crippen LogP contribution in [0, 0.1) is 11.8 Å². The molecule has 1 aromatic carbocycles. The van der Waals surface area contributed by atoms with E-state index in [9.17, 15) is 28.8 Å². The van der Waals surface area contributed by atoms with Gasteiger partial charge in [0.25, 0.3) is 0 Å². The average Bonchev–Trinajstić information content (AvgIpc) is 2.94. The van der Waals surface area contributed by atoms with E-state index in [1.54, 1.807) is 48.5 Å². The first kappa shape index (κ1) is 38.7. The van der Waals surface area contributed by atoms with Crippen LogP contribution in [0.25, 0.3) is 0 Å². The Balaban J connectivity index is 2.84. The Labute approximate surface area is 264 Å². The van der Waals surface area contributed by atoms with Crippen LogP contribution in [0.3, 0.4) is 0 Å². The van der Waals surface area contributed by atoms with Crippen molar-refractivity contribution in [1.29, 1.82) is 0 Å². The van der Waals surface area contributed by atoms with Gasteiger partial charge in [0.15, 0.2) is 0 Å². The van der Waals surface area contributed by atoms with Crippen molar-refractivity contribution in [3.05, 3.63) is 35.9 Å². The van der Waals surface area contributed by atoms with Gasteiger partial charge in [0, 0.05) is 6.54 Å². The summed E-state index contributed by atoms with van der Waals surface area (Å²) in [7, 11) is 0. The van der Waals surface area contributed by atoms with Gasteiger partial charge in [-0.2, -0.15) is 0 Å².